The molecule has 84 valence electrons. The average Bonchev–Trinajstić information content (AvgIpc) is 2.17. The maximum absolute atomic E-state index is 3.29. The summed E-state index contributed by atoms with van der Waals surface area (Å²) in [5.74, 6) is 0.922. The van der Waals surface area contributed by atoms with Crippen molar-refractivity contribution in [2.24, 2.45) is 5.92 Å². The molecule has 1 aliphatic rings. The molecule has 0 aromatic rings. The van der Waals surface area contributed by atoms with Crippen molar-refractivity contribution >= 4 is 0 Å². The fraction of sp³-hybridized carbons (Fsp3) is 1.00. The van der Waals surface area contributed by atoms with Gasteiger partial charge in [0.05, 0.1) is 0 Å². The lowest BCUT2D eigenvalue weighted by molar-refractivity contribution is 0.179. The molecule has 2 unspecified atom stereocenters. The van der Waals surface area contributed by atoms with E-state index in [1.54, 1.807) is 0 Å². The molecule has 1 fully saturated rings. The third kappa shape index (κ3) is 4.43. The van der Waals surface area contributed by atoms with Gasteiger partial charge >= 0.3 is 0 Å². The fourth-order valence-electron chi connectivity index (χ4n) is 2.26. The first-order valence-electron chi connectivity index (χ1n) is 6.12. The second-order valence-electron chi connectivity index (χ2n) is 4.88. The zero-order chi connectivity index (χ0) is 10.4. The van der Waals surface area contributed by atoms with Crippen molar-refractivity contribution < 1.29 is 0 Å². The highest BCUT2D eigenvalue weighted by atomic mass is 15.1. The van der Waals surface area contributed by atoms with Crippen LogP contribution >= 0.6 is 0 Å². The van der Waals surface area contributed by atoms with Gasteiger partial charge in [-0.3, -0.25) is 0 Å². The van der Waals surface area contributed by atoms with Gasteiger partial charge in [0.25, 0.3) is 0 Å². The highest BCUT2D eigenvalue weighted by molar-refractivity contribution is 4.70. The zero-order valence-electron chi connectivity index (χ0n) is 10.1. The van der Waals surface area contributed by atoms with Crippen molar-refractivity contribution in [2.45, 2.75) is 45.6 Å². The Hall–Kier alpha value is -0.0800. The van der Waals surface area contributed by atoms with Gasteiger partial charge in [0.15, 0.2) is 0 Å². The van der Waals surface area contributed by atoms with Crippen molar-refractivity contribution in [2.75, 3.05) is 26.7 Å². The largest absolute Gasteiger partial charge is 0.317 e. The maximum Gasteiger partial charge on any atom is 0.00362 e. The summed E-state index contributed by atoms with van der Waals surface area (Å²) in [6.07, 6.45) is 5.49. The molecule has 2 nitrogen and oxygen atoms in total. The molecule has 0 spiro atoms. The van der Waals surface area contributed by atoms with Crippen LogP contribution in [0.15, 0.2) is 0 Å². The Labute approximate surface area is 89.1 Å². The third-order valence-electron chi connectivity index (χ3n) is 3.35. The molecule has 2 heteroatoms. The Bertz CT molecular complexity index is 147. The van der Waals surface area contributed by atoms with Crippen LogP contribution in [0.4, 0.5) is 0 Å². The Balaban J connectivity index is 2.05. The van der Waals surface area contributed by atoms with Crippen LogP contribution in [0.3, 0.4) is 0 Å². The smallest absolute Gasteiger partial charge is 0.00362 e. The molecule has 1 heterocycles. The molecule has 1 aliphatic heterocycles. The minimum atomic E-state index is 0.678. The van der Waals surface area contributed by atoms with E-state index in [2.05, 4.69) is 24.1 Å². The quantitative estimate of drug-likeness (QED) is 0.728. The summed E-state index contributed by atoms with van der Waals surface area (Å²) < 4.78 is 0. The molecule has 1 saturated heterocycles. The van der Waals surface area contributed by atoms with E-state index in [1.807, 2.05) is 7.05 Å². The molecule has 0 saturated carbocycles. The molecule has 0 amide bonds. The Morgan fingerprint density at radius 1 is 1.50 bits per heavy atom. The first-order valence-corrected chi connectivity index (χ1v) is 6.12. The number of rotatable bonds is 5. The number of nitrogens with zero attached hydrogens (tertiary/aromatic N) is 1. The SMILES string of the molecule is CNC(C)CCCN1CCCC(C)C1. The van der Waals surface area contributed by atoms with Gasteiger partial charge in [0.1, 0.15) is 0 Å². The van der Waals surface area contributed by atoms with Crippen LogP contribution in [0.2, 0.25) is 0 Å². The van der Waals surface area contributed by atoms with Crippen LogP contribution in [-0.4, -0.2) is 37.6 Å². The Morgan fingerprint density at radius 3 is 2.93 bits per heavy atom. The summed E-state index contributed by atoms with van der Waals surface area (Å²) in [5.41, 5.74) is 0. The third-order valence-corrected chi connectivity index (χ3v) is 3.35. The number of piperidine rings is 1. The lowest BCUT2D eigenvalue weighted by Gasteiger charge is -2.31. The standard InChI is InChI=1S/C12H26N2/c1-11-6-4-8-14(10-11)9-5-7-12(2)13-3/h11-13H,4-10H2,1-3H3. The van der Waals surface area contributed by atoms with Crippen molar-refractivity contribution in [3.05, 3.63) is 0 Å². The summed E-state index contributed by atoms with van der Waals surface area (Å²) in [6, 6.07) is 0.678. The van der Waals surface area contributed by atoms with Gasteiger partial charge in [-0.2, -0.15) is 0 Å². The molecule has 0 aliphatic carbocycles. The molecule has 1 N–H and O–H groups in total. The molecule has 14 heavy (non-hydrogen) atoms. The summed E-state index contributed by atoms with van der Waals surface area (Å²) in [6.45, 7) is 8.60. The van der Waals surface area contributed by atoms with Crippen molar-refractivity contribution in [1.82, 2.24) is 10.2 Å². The van der Waals surface area contributed by atoms with Crippen molar-refractivity contribution in [3.63, 3.8) is 0 Å². The number of hydrogen-bond donors (Lipinski definition) is 1. The Morgan fingerprint density at radius 2 is 2.29 bits per heavy atom. The lowest BCUT2D eigenvalue weighted by Crippen LogP contribution is -2.35. The van der Waals surface area contributed by atoms with Crippen LogP contribution in [0.25, 0.3) is 0 Å². The van der Waals surface area contributed by atoms with Gasteiger partial charge in [-0.05, 0) is 58.7 Å². The second-order valence-corrected chi connectivity index (χ2v) is 4.88. The highest BCUT2D eigenvalue weighted by Crippen LogP contribution is 2.15. The lowest BCUT2D eigenvalue weighted by atomic mass is 10.00. The summed E-state index contributed by atoms with van der Waals surface area (Å²) in [4.78, 5) is 2.64. The summed E-state index contributed by atoms with van der Waals surface area (Å²) in [7, 11) is 2.05. The van der Waals surface area contributed by atoms with Gasteiger partial charge in [-0.25, -0.2) is 0 Å². The normalized spacial score (nSPS) is 26.4. The fourth-order valence-corrected chi connectivity index (χ4v) is 2.26. The van der Waals surface area contributed by atoms with E-state index in [4.69, 9.17) is 0 Å². The van der Waals surface area contributed by atoms with Gasteiger partial charge < -0.3 is 10.2 Å². The first-order chi connectivity index (χ1) is 6.72. The van der Waals surface area contributed by atoms with Crippen LogP contribution in [0.5, 0.6) is 0 Å². The molecule has 0 aromatic carbocycles. The monoisotopic (exact) mass is 198 g/mol. The molecule has 0 aromatic heterocycles. The molecule has 1 rings (SSSR count). The molecular formula is C12H26N2. The van der Waals surface area contributed by atoms with E-state index in [-0.39, 0.29) is 0 Å². The minimum absolute atomic E-state index is 0.678. The maximum atomic E-state index is 3.29. The van der Waals surface area contributed by atoms with Gasteiger partial charge in [0.2, 0.25) is 0 Å². The molecule has 0 bridgehead atoms. The topological polar surface area (TPSA) is 15.3 Å². The first kappa shape index (κ1) is 12.0. The van der Waals surface area contributed by atoms with Crippen molar-refractivity contribution in [3.8, 4) is 0 Å². The number of likely N-dealkylation sites (tertiary alicyclic amines) is 1. The van der Waals surface area contributed by atoms with E-state index >= 15 is 0 Å². The highest BCUT2D eigenvalue weighted by Gasteiger charge is 2.15. The van der Waals surface area contributed by atoms with Crippen LogP contribution in [0.1, 0.15) is 39.5 Å². The molecular weight excluding hydrogens is 172 g/mol. The van der Waals surface area contributed by atoms with E-state index < -0.39 is 0 Å². The zero-order valence-corrected chi connectivity index (χ0v) is 10.1. The van der Waals surface area contributed by atoms with Crippen LogP contribution < -0.4 is 5.32 Å². The molecule has 2 atom stereocenters. The predicted molar refractivity (Wildman–Crippen MR) is 62.6 cm³/mol. The summed E-state index contributed by atoms with van der Waals surface area (Å²) >= 11 is 0. The second kappa shape index (κ2) is 6.41. The average molecular weight is 198 g/mol. The van der Waals surface area contributed by atoms with Crippen LogP contribution in [0, 0.1) is 5.92 Å². The van der Waals surface area contributed by atoms with Gasteiger partial charge in [-0.15, -0.1) is 0 Å². The Kier molecular flexibility index (Phi) is 5.49. The number of nitrogens with one attached hydrogen (secondary N) is 1. The van der Waals surface area contributed by atoms with Crippen molar-refractivity contribution in [1.29, 1.82) is 0 Å². The predicted octanol–water partition coefficient (Wildman–Crippen LogP) is 2.11. The van der Waals surface area contributed by atoms with E-state index in [1.165, 1.54) is 45.3 Å². The molecule has 0 radical (unpaired) electrons. The van der Waals surface area contributed by atoms with Crippen LogP contribution in [-0.2, 0) is 0 Å². The van der Waals surface area contributed by atoms with Gasteiger partial charge in [-0.1, -0.05) is 6.92 Å². The minimum Gasteiger partial charge on any atom is -0.317 e. The van der Waals surface area contributed by atoms with E-state index in [0.717, 1.165) is 5.92 Å². The number of hydrogen-bond acceptors (Lipinski definition) is 2. The summed E-state index contributed by atoms with van der Waals surface area (Å²) in [5, 5.41) is 3.29. The van der Waals surface area contributed by atoms with E-state index in [9.17, 15) is 0 Å². The van der Waals surface area contributed by atoms with Gasteiger partial charge in [0, 0.05) is 12.6 Å². The van der Waals surface area contributed by atoms with E-state index in [0.29, 0.717) is 6.04 Å².